The molecule has 1 heterocycles. The first-order valence-corrected chi connectivity index (χ1v) is 4.20. The average molecular weight is 197 g/mol. The molecule has 0 aliphatic heterocycles. The van der Waals surface area contributed by atoms with Gasteiger partial charge in [-0.2, -0.15) is 0 Å². The van der Waals surface area contributed by atoms with Crippen LogP contribution in [0, 0.1) is 16.0 Å². The van der Waals surface area contributed by atoms with Crippen molar-refractivity contribution >= 4 is 11.7 Å². The number of aromatic nitrogens is 2. The molecule has 0 spiro atoms. The summed E-state index contributed by atoms with van der Waals surface area (Å²) >= 11 is 0. The zero-order valence-corrected chi connectivity index (χ0v) is 8.01. The summed E-state index contributed by atoms with van der Waals surface area (Å²) in [7, 11) is 0. The van der Waals surface area contributed by atoms with Crippen LogP contribution in [0.4, 0.5) is 5.95 Å². The molecule has 0 saturated carbocycles. The van der Waals surface area contributed by atoms with Gasteiger partial charge >= 0.3 is 5.95 Å². The molecule has 0 aromatic carbocycles. The van der Waals surface area contributed by atoms with Gasteiger partial charge in [0.2, 0.25) is 0 Å². The highest BCUT2D eigenvalue weighted by molar-refractivity contribution is 5.80. The molecular weight excluding hydrogens is 186 g/mol. The molecule has 0 unspecified atom stereocenters. The summed E-state index contributed by atoms with van der Waals surface area (Å²) in [6, 6.07) is 0. The highest BCUT2D eigenvalue weighted by atomic mass is 16.6. The predicted molar refractivity (Wildman–Crippen MR) is 48.7 cm³/mol. The summed E-state index contributed by atoms with van der Waals surface area (Å²) in [5.41, 5.74) is 0. The molecular formula is C8H11N3O3. The van der Waals surface area contributed by atoms with E-state index in [0.29, 0.717) is 0 Å². The van der Waals surface area contributed by atoms with Crippen LogP contribution < -0.4 is 0 Å². The van der Waals surface area contributed by atoms with E-state index in [1.54, 1.807) is 13.8 Å². The Morgan fingerprint density at radius 3 is 2.86 bits per heavy atom. The smallest absolute Gasteiger partial charge is 0.390 e. The molecule has 6 heteroatoms. The number of imidazole rings is 1. The number of rotatable bonds is 4. The standard InChI is InChI=1S/C8H11N3O3/c1-6(2)7(12)5-10-4-3-9-8(10)11(13)14/h3-4,6H,5H2,1-2H3. The van der Waals surface area contributed by atoms with Crippen molar-refractivity contribution in [2.45, 2.75) is 20.4 Å². The third kappa shape index (κ3) is 2.15. The topological polar surface area (TPSA) is 78.0 Å². The summed E-state index contributed by atoms with van der Waals surface area (Å²) in [5, 5.41) is 10.4. The van der Waals surface area contributed by atoms with Gasteiger partial charge in [0.1, 0.15) is 18.9 Å². The largest absolute Gasteiger partial charge is 0.434 e. The number of nitrogens with zero attached hydrogens (tertiary/aromatic N) is 3. The van der Waals surface area contributed by atoms with Crippen molar-refractivity contribution in [3.05, 3.63) is 22.5 Å². The first kappa shape index (κ1) is 10.4. The van der Waals surface area contributed by atoms with Crippen LogP contribution in [0.25, 0.3) is 0 Å². The maximum atomic E-state index is 11.3. The van der Waals surface area contributed by atoms with Gasteiger partial charge in [-0.25, -0.2) is 4.57 Å². The van der Waals surface area contributed by atoms with Crippen LogP contribution in [0.2, 0.25) is 0 Å². The fraction of sp³-hybridized carbons (Fsp3) is 0.500. The number of carbonyl (C=O) groups is 1. The molecule has 1 aromatic heterocycles. The van der Waals surface area contributed by atoms with Gasteiger partial charge < -0.3 is 10.1 Å². The molecule has 1 aromatic rings. The van der Waals surface area contributed by atoms with Crippen molar-refractivity contribution in [1.29, 1.82) is 0 Å². The van der Waals surface area contributed by atoms with E-state index in [0.717, 1.165) is 0 Å². The zero-order chi connectivity index (χ0) is 10.7. The van der Waals surface area contributed by atoms with Crippen LogP contribution in [0.5, 0.6) is 0 Å². The number of hydrogen-bond donors (Lipinski definition) is 0. The van der Waals surface area contributed by atoms with Crippen molar-refractivity contribution in [3.63, 3.8) is 0 Å². The first-order chi connectivity index (χ1) is 6.52. The summed E-state index contributed by atoms with van der Waals surface area (Å²) < 4.78 is 1.24. The lowest BCUT2D eigenvalue weighted by atomic mass is 10.1. The van der Waals surface area contributed by atoms with Gasteiger partial charge in [-0.3, -0.25) is 4.79 Å². The van der Waals surface area contributed by atoms with Crippen molar-refractivity contribution < 1.29 is 9.72 Å². The maximum Gasteiger partial charge on any atom is 0.434 e. The van der Waals surface area contributed by atoms with E-state index in [1.165, 1.54) is 17.0 Å². The highest BCUT2D eigenvalue weighted by Gasteiger charge is 2.18. The number of Topliss-reactive ketones (excluding diaryl/α,β-unsaturated/α-hetero) is 1. The second-order valence-electron chi connectivity index (χ2n) is 3.23. The average Bonchev–Trinajstić information content (AvgIpc) is 2.52. The fourth-order valence-corrected chi connectivity index (χ4v) is 0.947. The third-order valence-corrected chi connectivity index (χ3v) is 1.83. The van der Waals surface area contributed by atoms with Crippen molar-refractivity contribution in [1.82, 2.24) is 9.55 Å². The van der Waals surface area contributed by atoms with Gasteiger partial charge in [-0.15, -0.1) is 0 Å². The van der Waals surface area contributed by atoms with E-state index < -0.39 is 4.92 Å². The Balaban J connectivity index is 2.82. The normalized spacial score (nSPS) is 10.5. The molecule has 0 N–H and O–H groups in total. The number of nitro groups is 1. The van der Waals surface area contributed by atoms with Gasteiger partial charge in [-0.1, -0.05) is 18.8 Å². The zero-order valence-electron chi connectivity index (χ0n) is 8.01. The van der Waals surface area contributed by atoms with Crippen molar-refractivity contribution in [2.24, 2.45) is 5.92 Å². The Morgan fingerprint density at radius 1 is 1.71 bits per heavy atom. The van der Waals surface area contributed by atoms with Crippen LogP contribution in [0.3, 0.4) is 0 Å². The Labute approximate surface area is 80.7 Å². The van der Waals surface area contributed by atoms with Crippen molar-refractivity contribution in [3.8, 4) is 0 Å². The quantitative estimate of drug-likeness (QED) is 0.533. The summed E-state index contributed by atoms with van der Waals surface area (Å²) in [6.45, 7) is 3.52. The van der Waals surface area contributed by atoms with Gasteiger partial charge in [0.05, 0.1) is 0 Å². The first-order valence-electron chi connectivity index (χ1n) is 4.20. The Hall–Kier alpha value is -1.72. The van der Waals surface area contributed by atoms with Gasteiger partial charge in [0.15, 0.2) is 5.78 Å². The van der Waals surface area contributed by atoms with Crippen LogP contribution in [-0.4, -0.2) is 20.3 Å². The number of carbonyl (C=O) groups excluding carboxylic acids is 1. The third-order valence-electron chi connectivity index (χ3n) is 1.83. The number of ketones is 1. The molecule has 0 fully saturated rings. The predicted octanol–water partition coefficient (Wildman–Crippen LogP) is 1.02. The van der Waals surface area contributed by atoms with Gasteiger partial charge in [0, 0.05) is 5.92 Å². The molecule has 0 bridgehead atoms. The Morgan fingerprint density at radius 2 is 2.36 bits per heavy atom. The molecule has 6 nitrogen and oxygen atoms in total. The Bertz CT molecular complexity index is 356. The van der Waals surface area contributed by atoms with Crippen LogP contribution in [0.1, 0.15) is 13.8 Å². The van der Waals surface area contributed by atoms with E-state index in [2.05, 4.69) is 4.98 Å². The summed E-state index contributed by atoms with van der Waals surface area (Å²) in [6.07, 6.45) is 2.74. The summed E-state index contributed by atoms with van der Waals surface area (Å²) in [5.74, 6) is -0.470. The lowest BCUT2D eigenvalue weighted by Crippen LogP contribution is -2.16. The summed E-state index contributed by atoms with van der Waals surface area (Å²) in [4.78, 5) is 24.7. The van der Waals surface area contributed by atoms with Gasteiger partial charge in [0.25, 0.3) is 0 Å². The van der Waals surface area contributed by atoms with Crippen LogP contribution in [0.15, 0.2) is 12.4 Å². The second kappa shape index (κ2) is 3.99. The fourth-order valence-electron chi connectivity index (χ4n) is 0.947. The van der Waals surface area contributed by atoms with E-state index in [1.807, 2.05) is 0 Å². The van der Waals surface area contributed by atoms with Crippen LogP contribution >= 0.6 is 0 Å². The molecule has 14 heavy (non-hydrogen) atoms. The lowest BCUT2D eigenvalue weighted by molar-refractivity contribution is -0.396. The molecule has 0 aliphatic carbocycles. The highest BCUT2D eigenvalue weighted by Crippen LogP contribution is 2.08. The lowest BCUT2D eigenvalue weighted by Gasteiger charge is -2.03. The molecule has 0 aliphatic rings. The van der Waals surface area contributed by atoms with E-state index in [-0.39, 0.29) is 24.2 Å². The molecule has 1 rings (SSSR count). The minimum atomic E-state index is -0.604. The van der Waals surface area contributed by atoms with E-state index in [9.17, 15) is 14.9 Å². The molecule has 0 saturated heterocycles. The van der Waals surface area contributed by atoms with Crippen molar-refractivity contribution in [2.75, 3.05) is 0 Å². The SMILES string of the molecule is CC(C)C(=O)Cn1ccnc1[N+](=O)[O-]. The van der Waals surface area contributed by atoms with E-state index >= 15 is 0 Å². The molecule has 0 atom stereocenters. The minimum absolute atomic E-state index is 0.00792. The molecule has 76 valence electrons. The minimum Gasteiger partial charge on any atom is -0.390 e. The van der Waals surface area contributed by atoms with Crippen LogP contribution in [-0.2, 0) is 11.3 Å². The second-order valence-corrected chi connectivity index (χ2v) is 3.23. The molecule has 0 amide bonds. The monoisotopic (exact) mass is 197 g/mol. The number of hydrogen-bond acceptors (Lipinski definition) is 4. The molecule has 0 radical (unpaired) electrons. The van der Waals surface area contributed by atoms with E-state index in [4.69, 9.17) is 0 Å². The maximum absolute atomic E-state index is 11.3. The Kier molecular flexibility index (Phi) is 2.95. The van der Waals surface area contributed by atoms with Gasteiger partial charge in [-0.05, 0) is 4.92 Å².